The van der Waals surface area contributed by atoms with E-state index in [2.05, 4.69) is 37.9 Å². The number of carbonyl (C=O) groups excluding carboxylic acids is 6. The number of methoxy groups -OCH3 is 2. The molecule has 1 saturated heterocycles. The number of likely N-dealkylation sites (tertiary alicyclic amines) is 1. The predicted octanol–water partition coefficient (Wildman–Crippen LogP) is 3.19. The molecule has 390 valence electrons. The van der Waals surface area contributed by atoms with Gasteiger partial charge in [0.2, 0.25) is 23.6 Å². The largest absolute Gasteiger partial charge is 0.379 e. The summed E-state index contributed by atoms with van der Waals surface area (Å²) in [4.78, 5) is 87.9. The summed E-state index contributed by atoms with van der Waals surface area (Å²) in [6.07, 6.45) is 3.98. The number of hydrogen-bond acceptors (Lipinski definition) is 12. The summed E-state index contributed by atoms with van der Waals surface area (Å²) in [7, 11) is 10.8. The molecule has 0 radical (unpaired) electrons. The Morgan fingerprint density at radius 2 is 1.46 bits per heavy atom. The van der Waals surface area contributed by atoms with Crippen LogP contribution in [-0.4, -0.2) is 170 Å². The van der Waals surface area contributed by atoms with E-state index in [1.54, 1.807) is 38.0 Å². The number of nitrogens with two attached hydrogens (primary N) is 3. The SMILES string of the molecule is CC[C@H](C)[C@@H]([C@@H](CC(=O)N1CCC[C@H]1[C@H](OC)[C@@H](C)C(=O)N(C)CCc1cccc(C(N)[C@H](C)C(N)[C@H](C)NC(=O)CN2C(=O)C=CC2=O)c1)OC)N(C)C(=O)[C@@H](C(C)C)C(N)[C@H](C(C)C)N(C)C. The molecule has 0 bridgehead atoms. The average molecular weight is 968 g/mol. The third kappa shape index (κ3) is 14.9. The highest BCUT2D eigenvalue weighted by Crippen LogP contribution is 2.32. The van der Waals surface area contributed by atoms with Gasteiger partial charge in [0.1, 0.15) is 6.54 Å². The third-order valence-corrected chi connectivity index (χ3v) is 15.1. The van der Waals surface area contributed by atoms with Gasteiger partial charge < -0.3 is 51.6 Å². The molecule has 0 aliphatic carbocycles. The summed E-state index contributed by atoms with van der Waals surface area (Å²) in [5, 5.41) is 2.80. The fraction of sp³-hybridized carbons (Fsp3) is 0.731. The quantitative estimate of drug-likeness (QED) is 0.0934. The highest BCUT2D eigenvalue weighted by Gasteiger charge is 2.45. The van der Waals surface area contributed by atoms with E-state index in [0.29, 0.717) is 25.9 Å². The van der Waals surface area contributed by atoms with E-state index in [4.69, 9.17) is 26.7 Å². The van der Waals surface area contributed by atoms with Crippen LogP contribution >= 0.6 is 0 Å². The van der Waals surface area contributed by atoms with Gasteiger partial charge >= 0.3 is 0 Å². The van der Waals surface area contributed by atoms with Crippen LogP contribution in [0.25, 0.3) is 0 Å². The predicted molar refractivity (Wildman–Crippen MR) is 270 cm³/mol. The molecule has 2 aliphatic rings. The van der Waals surface area contributed by atoms with Gasteiger partial charge in [-0.2, -0.15) is 0 Å². The Bertz CT molecular complexity index is 1890. The maximum absolute atomic E-state index is 14.6. The highest BCUT2D eigenvalue weighted by molar-refractivity contribution is 6.14. The van der Waals surface area contributed by atoms with E-state index in [1.165, 1.54) is 0 Å². The van der Waals surface area contributed by atoms with Crippen molar-refractivity contribution in [1.29, 1.82) is 0 Å². The zero-order valence-corrected chi connectivity index (χ0v) is 44.5. The van der Waals surface area contributed by atoms with Crippen LogP contribution in [-0.2, 0) is 44.7 Å². The second kappa shape index (κ2) is 26.8. The normalized spacial score (nSPS) is 20.6. The van der Waals surface area contributed by atoms with Crippen LogP contribution in [0.5, 0.6) is 0 Å². The number of amides is 6. The zero-order chi connectivity index (χ0) is 52.2. The first-order valence-corrected chi connectivity index (χ1v) is 25.1. The lowest BCUT2D eigenvalue weighted by Crippen LogP contribution is -2.59. The van der Waals surface area contributed by atoms with Crippen molar-refractivity contribution in [2.24, 2.45) is 52.7 Å². The maximum Gasteiger partial charge on any atom is 0.254 e. The van der Waals surface area contributed by atoms with E-state index in [-0.39, 0.29) is 65.9 Å². The molecular weight excluding hydrogens is 879 g/mol. The molecule has 13 atom stereocenters. The van der Waals surface area contributed by atoms with Crippen LogP contribution in [0.3, 0.4) is 0 Å². The Labute approximate surface area is 413 Å². The number of imide groups is 1. The second-order valence-electron chi connectivity index (χ2n) is 20.8. The van der Waals surface area contributed by atoms with E-state index in [9.17, 15) is 28.8 Å². The van der Waals surface area contributed by atoms with E-state index in [0.717, 1.165) is 41.0 Å². The summed E-state index contributed by atoms with van der Waals surface area (Å²) in [6.45, 7) is 18.6. The van der Waals surface area contributed by atoms with E-state index < -0.39 is 72.5 Å². The molecule has 0 spiro atoms. The van der Waals surface area contributed by atoms with Crippen molar-refractivity contribution in [2.75, 3.05) is 62.0 Å². The third-order valence-electron chi connectivity index (χ3n) is 15.1. The number of rotatable bonds is 27. The van der Waals surface area contributed by atoms with Crippen LogP contribution < -0.4 is 22.5 Å². The fourth-order valence-corrected chi connectivity index (χ4v) is 10.9. The molecule has 17 nitrogen and oxygen atoms in total. The Kier molecular flexibility index (Phi) is 22.9. The molecule has 1 fully saturated rings. The van der Waals surface area contributed by atoms with Gasteiger partial charge in [0, 0.05) is 83.8 Å². The van der Waals surface area contributed by atoms with Gasteiger partial charge in [0.25, 0.3) is 11.8 Å². The fourth-order valence-electron chi connectivity index (χ4n) is 10.9. The second-order valence-corrected chi connectivity index (χ2v) is 20.8. The average Bonchev–Trinajstić information content (AvgIpc) is 3.91. The van der Waals surface area contributed by atoms with Gasteiger partial charge in [-0.3, -0.25) is 33.7 Å². The smallest absolute Gasteiger partial charge is 0.254 e. The minimum atomic E-state index is -0.581. The summed E-state index contributed by atoms with van der Waals surface area (Å²) >= 11 is 0. The standard InChI is InChI=1S/C52H89N9O8/c1-16-32(6)49(59(13)52(67)44(30(2)3)47(55)48(31(4)5)57(10)11)39(68-14)28-43(65)60-25-18-21-38(60)50(69-15)34(8)51(66)58(12)26-24-36-19-17-20-37(27-36)46(54)33(7)45(53)35(9)56-40(62)29-61-41(63)22-23-42(61)64/h17,19-20,22-23,27,30-35,38-39,44-50H,16,18,21,24-26,28-29,53-55H2,1-15H3,(H,56,62)/t32-,33+,34+,35-,38-,39+,44-,45?,46?,47?,48-,49-,50+/m0/s1. The molecule has 6 amide bonds. The van der Waals surface area contributed by atoms with Crippen molar-refractivity contribution < 1.29 is 38.2 Å². The van der Waals surface area contributed by atoms with Crippen molar-refractivity contribution in [1.82, 2.24) is 29.8 Å². The number of carbonyl (C=O) groups is 6. The van der Waals surface area contributed by atoms with Crippen LogP contribution in [0.1, 0.15) is 105 Å². The monoisotopic (exact) mass is 968 g/mol. The number of ether oxygens (including phenoxy) is 2. The number of hydrogen-bond donors (Lipinski definition) is 4. The van der Waals surface area contributed by atoms with Gasteiger partial charge in [0.05, 0.1) is 42.5 Å². The van der Waals surface area contributed by atoms with Gasteiger partial charge in [-0.05, 0) is 75.1 Å². The lowest BCUT2D eigenvalue weighted by Gasteiger charge is -2.43. The molecule has 1 aromatic rings. The molecule has 2 heterocycles. The van der Waals surface area contributed by atoms with Crippen molar-refractivity contribution in [3.05, 3.63) is 47.5 Å². The summed E-state index contributed by atoms with van der Waals surface area (Å²) in [5.74, 6) is -2.84. The Morgan fingerprint density at radius 3 is 2.00 bits per heavy atom. The van der Waals surface area contributed by atoms with E-state index >= 15 is 0 Å². The van der Waals surface area contributed by atoms with Crippen molar-refractivity contribution in [3.63, 3.8) is 0 Å². The summed E-state index contributed by atoms with van der Waals surface area (Å²) in [5.41, 5.74) is 22.1. The number of nitrogens with zero attached hydrogens (tertiary/aromatic N) is 5. The minimum Gasteiger partial charge on any atom is -0.379 e. The summed E-state index contributed by atoms with van der Waals surface area (Å²) < 4.78 is 12.2. The van der Waals surface area contributed by atoms with Gasteiger partial charge in [-0.15, -0.1) is 0 Å². The number of benzene rings is 1. The molecule has 0 saturated carbocycles. The van der Waals surface area contributed by atoms with E-state index in [1.807, 2.05) is 78.0 Å². The molecular formula is C52H89N9O8. The first kappa shape index (κ1) is 59.1. The molecule has 0 aromatic heterocycles. The van der Waals surface area contributed by atoms with Crippen LogP contribution in [0.4, 0.5) is 0 Å². The van der Waals surface area contributed by atoms with Crippen LogP contribution in [0.15, 0.2) is 36.4 Å². The minimum absolute atomic E-state index is 0.00961. The molecule has 1 aromatic carbocycles. The van der Waals surface area contributed by atoms with Gasteiger partial charge in [0.15, 0.2) is 0 Å². The van der Waals surface area contributed by atoms with Gasteiger partial charge in [-0.25, -0.2) is 0 Å². The van der Waals surface area contributed by atoms with Crippen LogP contribution in [0, 0.1) is 35.5 Å². The first-order valence-electron chi connectivity index (χ1n) is 25.1. The van der Waals surface area contributed by atoms with Crippen molar-refractivity contribution in [3.8, 4) is 0 Å². The van der Waals surface area contributed by atoms with Gasteiger partial charge in [-0.1, -0.05) is 86.1 Å². The van der Waals surface area contributed by atoms with Crippen molar-refractivity contribution >= 4 is 35.4 Å². The zero-order valence-electron chi connectivity index (χ0n) is 44.5. The Balaban J connectivity index is 1.68. The molecule has 69 heavy (non-hydrogen) atoms. The maximum atomic E-state index is 14.6. The number of nitrogens with one attached hydrogen (secondary N) is 1. The number of likely N-dealkylation sites (N-methyl/N-ethyl adjacent to an activating group) is 3. The summed E-state index contributed by atoms with van der Waals surface area (Å²) in [6, 6.07) is 5.21. The molecule has 2 aliphatic heterocycles. The van der Waals surface area contributed by atoms with Crippen LogP contribution in [0.2, 0.25) is 0 Å². The van der Waals surface area contributed by atoms with Crippen molar-refractivity contribution in [2.45, 2.75) is 149 Å². The molecule has 17 heteroatoms. The molecule has 3 rings (SSSR count). The lowest BCUT2D eigenvalue weighted by molar-refractivity contribution is -0.150. The molecule has 7 N–H and O–H groups in total. The topological polar surface area (TPSA) is 227 Å². The Hall–Kier alpha value is -4.26. The molecule has 3 unspecified atom stereocenters. The Morgan fingerprint density at radius 1 is 0.841 bits per heavy atom. The highest BCUT2D eigenvalue weighted by atomic mass is 16.5. The lowest BCUT2D eigenvalue weighted by atomic mass is 9.79. The first-order chi connectivity index (χ1) is 32.3.